The van der Waals surface area contributed by atoms with Crippen LogP contribution in [-0.2, 0) is 4.74 Å². The summed E-state index contributed by atoms with van der Waals surface area (Å²) in [5, 5.41) is 41.2. The van der Waals surface area contributed by atoms with Gasteiger partial charge in [0, 0.05) is 6.07 Å². The van der Waals surface area contributed by atoms with E-state index in [0.717, 1.165) is 12.1 Å². The fourth-order valence-corrected chi connectivity index (χ4v) is 2.73. The van der Waals surface area contributed by atoms with E-state index in [1.165, 1.54) is 6.08 Å². The molecule has 0 saturated carbocycles. The van der Waals surface area contributed by atoms with Gasteiger partial charge in [-0.05, 0) is 43.6 Å². The topological polar surface area (TPSA) is 146 Å². The lowest BCUT2D eigenvalue weighted by molar-refractivity contribution is -0.385. The highest BCUT2D eigenvalue weighted by Gasteiger charge is 2.24. The van der Waals surface area contributed by atoms with Crippen molar-refractivity contribution in [2.45, 2.75) is 52.9 Å². The molecule has 0 fully saturated rings. The average molecular weight is 421 g/mol. The Labute approximate surface area is 175 Å². The zero-order valence-electron chi connectivity index (χ0n) is 17.5. The molecule has 0 aliphatic rings. The molecule has 0 radical (unpaired) electrons. The van der Waals surface area contributed by atoms with E-state index in [1.54, 1.807) is 4.90 Å². The number of hydrogen-bond acceptors (Lipinski definition) is 9. The molecule has 0 saturated heterocycles. The number of rotatable bonds is 10. The lowest BCUT2D eigenvalue weighted by atomic mass is 10.1. The van der Waals surface area contributed by atoms with Crippen LogP contribution in [0.25, 0.3) is 6.08 Å². The maximum Gasteiger partial charge on any atom is 0.514 e. The van der Waals surface area contributed by atoms with Crippen LogP contribution in [0.2, 0.25) is 0 Å². The molecule has 10 nitrogen and oxygen atoms in total. The first-order chi connectivity index (χ1) is 14.2. The molecule has 1 rings (SSSR count). The number of phenolic OH excluding ortho intramolecular Hbond substituents is 1. The maximum atomic E-state index is 12.0. The summed E-state index contributed by atoms with van der Waals surface area (Å²) < 4.78 is 10.1. The fraction of sp³-hybridized carbons (Fsp3) is 0.500. The SMILES string of the molecule is CCC(CC)OC(=O)Oc1cc(/C=C(\C#N)C(O)N(CC)CC)cc([N+](=O)[O-])c1O. The normalized spacial score (nSPS) is 12.5. The summed E-state index contributed by atoms with van der Waals surface area (Å²) in [6.45, 7) is 8.21. The number of nitrogens with zero attached hydrogens (tertiary/aromatic N) is 3. The van der Waals surface area contributed by atoms with Crippen LogP contribution in [0.5, 0.6) is 11.5 Å². The third-order valence-electron chi connectivity index (χ3n) is 4.53. The first kappa shape index (κ1) is 24.9. The third-order valence-corrected chi connectivity index (χ3v) is 4.53. The molecule has 10 heteroatoms. The van der Waals surface area contributed by atoms with E-state index in [0.29, 0.717) is 25.9 Å². The van der Waals surface area contributed by atoms with Crippen LogP contribution in [-0.4, -0.2) is 51.6 Å². The Morgan fingerprint density at radius 2 is 1.90 bits per heavy atom. The Morgan fingerprint density at radius 1 is 1.30 bits per heavy atom. The minimum atomic E-state index is -1.22. The first-order valence-electron chi connectivity index (χ1n) is 9.65. The molecule has 0 aliphatic heterocycles. The van der Waals surface area contributed by atoms with Crippen molar-refractivity contribution < 1.29 is 29.4 Å². The number of likely N-dealkylation sites (N-methyl/N-ethyl adjacent to an activating group) is 1. The Balaban J connectivity index is 3.35. The molecule has 0 amide bonds. The molecule has 1 aromatic carbocycles. The molecule has 0 bridgehead atoms. The number of aliphatic hydroxyl groups is 1. The number of nitriles is 1. The summed E-state index contributed by atoms with van der Waals surface area (Å²) in [5.74, 6) is -1.33. The van der Waals surface area contributed by atoms with Gasteiger partial charge in [0.05, 0.1) is 16.6 Å². The lowest BCUT2D eigenvalue weighted by Crippen LogP contribution is -2.35. The molecule has 1 unspecified atom stereocenters. The zero-order valence-corrected chi connectivity index (χ0v) is 17.5. The quantitative estimate of drug-likeness (QED) is 0.144. The van der Waals surface area contributed by atoms with Crippen LogP contribution in [0.1, 0.15) is 46.1 Å². The van der Waals surface area contributed by atoms with Crippen molar-refractivity contribution in [3.8, 4) is 17.6 Å². The van der Waals surface area contributed by atoms with Gasteiger partial charge in [-0.25, -0.2) is 4.79 Å². The lowest BCUT2D eigenvalue weighted by Gasteiger charge is -2.24. The minimum absolute atomic E-state index is 0.0655. The highest BCUT2D eigenvalue weighted by Crippen LogP contribution is 2.38. The van der Waals surface area contributed by atoms with E-state index >= 15 is 0 Å². The number of aliphatic hydroxyl groups excluding tert-OH is 1. The third kappa shape index (κ3) is 6.43. The van der Waals surface area contributed by atoms with Crippen LogP contribution in [0, 0.1) is 21.4 Å². The van der Waals surface area contributed by atoms with E-state index in [2.05, 4.69) is 0 Å². The van der Waals surface area contributed by atoms with Gasteiger partial charge in [-0.1, -0.05) is 27.7 Å². The van der Waals surface area contributed by atoms with Gasteiger partial charge in [-0.2, -0.15) is 5.26 Å². The first-order valence-corrected chi connectivity index (χ1v) is 9.65. The van der Waals surface area contributed by atoms with Crippen molar-refractivity contribution in [1.82, 2.24) is 4.90 Å². The van der Waals surface area contributed by atoms with Crippen molar-refractivity contribution in [2.24, 2.45) is 0 Å². The number of nitro benzene ring substituents is 1. The van der Waals surface area contributed by atoms with Crippen LogP contribution in [0.3, 0.4) is 0 Å². The standard InChI is InChI=1S/C20H27N3O7/c1-5-15(6-2)29-20(26)30-17-11-13(10-16(18(17)24)23(27)28)9-14(12-21)19(25)22(7-3)8-4/h9-11,15,19,24-25H,5-8H2,1-4H3/b14-9+. The monoisotopic (exact) mass is 421 g/mol. The molecule has 0 heterocycles. The highest BCUT2D eigenvalue weighted by atomic mass is 16.7. The van der Waals surface area contributed by atoms with Gasteiger partial charge >= 0.3 is 11.8 Å². The van der Waals surface area contributed by atoms with Crippen molar-refractivity contribution >= 4 is 17.9 Å². The second kappa shape index (κ2) is 11.7. The number of carbonyl (C=O) groups is 1. The molecule has 2 N–H and O–H groups in total. The number of phenols is 1. The van der Waals surface area contributed by atoms with Gasteiger partial charge in [0.1, 0.15) is 12.3 Å². The second-order valence-electron chi connectivity index (χ2n) is 6.36. The van der Waals surface area contributed by atoms with Crippen molar-refractivity contribution in [1.29, 1.82) is 5.26 Å². The van der Waals surface area contributed by atoms with Gasteiger partial charge in [-0.3, -0.25) is 15.0 Å². The van der Waals surface area contributed by atoms with Crippen molar-refractivity contribution in [3.63, 3.8) is 0 Å². The van der Waals surface area contributed by atoms with E-state index in [4.69, 9.17) is 9.47 Å². The average Bonchev–Trinajstić information content (AvgIpc) is 2.72. The fourth-order valence-electron chi connectivity index (χ4n) is 2.73. The minimum Gasteiger partial charge on any atom is -0.499 e. The van der Waals surface area contributed by atoms with E-state index in [1.807, 2.05) is 33.8 Å². The number of ether oxygens (including phenoxy) is 2. The molecule has 0 aromatic heterocycles. The van der Waals surface area contributed by atoms with Crippen LogP contribution < -0.4 is 4.74 Å². The largest absolute Gasteiger partial charge is 0.514 e. The summed E-state index contributed by atoms with van der Waals surface area (Å²) in [6, 6.07) is 4.04. The number of carbonyl (C=O) groups excluding carboxylic acids is 1. The van der Waals surface area contributed by atoms with Gasteiger partial charge in [0.15, 0.2) is 5.75 Å². The van der Waals surface area contributed by atoms with Gasteiger partial charge in [-0.15, -0.1) is 0 Å². The molecular weight excluding hydrogens is 394 g/mol. The molecule has 164 valence electrons. The summed E-state index contributed by atoms with van der Waals surface area (Å²) in [4.78, 5) is 24.1. The molecule has 1 aromatic rings. The maximum absolute atomic E-state index is 12.0. The van der Waals surface area contributed by atoms with E-state index in [9.17, 15) is 30.4 Å². The van der Waals surface area contributed by atoms with E-state index < -0.39 is 40.6 Å². The summed E-state index contributed by atoms with van der Waals surface area (Å²) in [7, 11) is 0. The number of hydrogen-bond donors (Lipinski definition) is 2. The van der Waals surface area contributed by atoms with Gasteiger partial charge < -0.3 is 19.7 Å². The van der Waals surface area contributed by atoms with Crippen LogP contribution in [0.4, 0.5) is 10.5 Å². The predicted molar refractivity (Wildman–Crippen MR) is 109 cm³/mol. The van der Waals surface area contributed by atoms with Crippen molar-refractivity contribution in [3.05, 3.63) is 33.4 Å². The Hall–Kier alpha value is -3.16. The zero-order chi connectivity index (χ0) is 22.8. The summed E-state index contributed by atoms with van der Waals surface area (Å²) >= 11 is 0. The summed E-state index contributed by atoms with van der Waals surface area (Å²) in [5.41, 5.74) is -0.694. The van der Waals surface area contributed by atoms with Crippen LogP contribution >= 0.6 is 0 Å². The number of aromatic hydroxyl groups is 1. The molecule has 1 atom stereocenters. The van der Waals surface area contributed by atoms with Crippen molar-refractivity contribution in [2.75, 3.05) is 13.1 Å². The number of nitro groups is 1. The second-order valence-corrected chi connectivity index (χ2v) is 6.36. The highest BCUT2D eigenvalue weighted by molar-refractivity contribution is 5.71. The van der Waals surface area contributed by atoms with E-state index in [-0.39, 0.29) is 11.1 Å². The Morgan fingerprint density at radius 3 is 2.37 bits per heavy atom. The smallest absolute Gasteiger partial charge is 0.499 e. The molecular formula is C20H27N3O7. The molecule has 0 spiro atoms. The van der Waals surface area contributed by atoms with Gasteiger partial charge in [0.25, 0.3) is 0 Å². The Bertz CT molecular complexity index is 824. The van der Waals surface area contributed by atoms with Crippen LogP contribution in [0.15, 0.2) is 17.7 Å². The predicted octanol–water partition coefficient (Wildman–Crippen LogP) is 3.57. The molecule has 30 heavy (non-hydrogen) atoms. The molecule has 0 aliphatic carbocycles. The van der Waals surface area contributed by atoms with Gasteiger partial charge in [0.2, 0.25) is 5.75 Å². The summed E-state index contributed by atoms with van der Waals surface area (Å²) in [6.07, 6.45) is -0.397. The Kier molecular flexibility index (Phi) is 9.74. The number of benzene rings is 1.